The monoisotopic (exact) mass is 167 g/mol. The number of carboxylic acids is 1. The molecule has 0 aliphatic carbocycles. The second-order valence-electron chi connectivity index (χ2n) is 2.76. The molecule has 0 bridgehead atoms. The summed E-state index contributed by atoms with van der Waals surface area (Å²) in [5, 5.41) is 8.32. The van der Waals surface area contributed by atoms with Crippen molar-refractivity contribution >= 4 is 5.97 Å². The summed E-state index contributed by atoms with van der Waals surface area (Å²) in [6, 6.07) is 0. The van der Waals surface area contributed by atoms with Gasteiger partial charge in [-0.1, -0.05) is 12.2 Å². The summed E-state index contributed by atoms with van der Waals surface area (Å²) >= 11 is 0. The number of hydrogen-bond donors (Lipinski definition) is 1. The molecule has 12 heavy (non-hydrogen) atoms. The molecule has 0 saturated heterocycles. The van der Waals surface area contributed by atoms with Crippen LogP contribution in [0.1, 0.15) is 12.8 Å². The van der Waals surface area contributed by atoms with Crippen molar-refractivity contribution in [3.8, 4) is 0 Å². The van der Waals surface area contributed by atoms with Crippen LogP contribution in [0, 0.1) is 0 Å². The molecule has 0 amide bonds. The van der Waals surface area contributed by atoms with Crippen molar-refractivity contribution in [2.24, 2.45) is 0 Å². The first kappa shape index (κ1) is 8.84. The second kappa shape index (κ2) is 4.59. The van der Waals surface area contributed by atoms with Gasteiger partial charge in [-0.2, -0.15) is 0 Å². The molecule has 1 heterocycles. The van der Waals surface area contributed by atoms with E-state index in [0.29, 0.717) is 6.54 Å². The summed E-state index contributed by atoms with van der Waals surface area (Å²) in [6.07, 6.45) is 9.28. The fourth-order valence-electron chi connectivity index (χ4n) is 1.15. The van der Waals surface area contributed by atoms with E-state index in [4.69, 9.17) is 5.11 Å². The van der Waals surface area contributed by atoms with E-state index in [1.54, 1.807) is 6.08 Å². The zero-order chi connectivity index (χ0) is 8.81. The van der Waals surface area contributed by atoms with Gasteiger partial charge in [0.15, 0.2) is 0 Å². The van der Waals surface area contributed by atoms with Crippen LogP contribution >= 0.6 is 0 Å². The Bertz CT molecular complexity index is 209. The van der Waals surface area contributed by atoms with Gasteiger partial charge in [-0.15, -0.1) is 0 Å². The third kappa shape index (κ3) is 3.23. The molecule has 1 rings (SSSR count). The molecule has 1 aliphatic rings. The van der Waals surface area contributed by atoms with Crippen LogP contribution in [-0.4, -0.2) is 29.1 Å². The Balaban J connectivity index is 2.26. The van der Waals surface area contributed by atoms with Crippen LogP contribution in [0.3, 0.4) is 0 Å². The minimum Gasteiger partial charge on any atom is -0.478 e. The SMILES string of the molecule is O=C(O)C=CCN1C=CCCC1. The number of hydrogen-bond acceptors (Lipinski definition) is 2. The lowest BCUT2D eigenvalue weighted by molar-refractivity contribution is -0.131. The molecule has 0 unspecified atom stereocenters. The van der Waals surface area contributed by atoms with Crippen LogP contribution in [0.15, 0.2) is 24.4 Å². The molecule has 3 nitrogen and oxygen atoms in total. The number of carbonyl (C=O) groups is 1. The molecule has 0 spiro atoms. The highest BCUT2D eigenvalue weighted by Gasteiger charge is 2.00. The number of carboxylic acid groups (broad SMARTS) is 1. The Hall–Kier alpha value is -1.25. The molecule has 1 aliphatic heterocycles. The molecule has 0 aromatic carbocycles. The largest absolute Gasteiger partial charge is 0.478 e. The number of nitrogens with zero attached hydrogens (tertiary/aromatic N) is 1. The summed E-state index contributed by atoms with van der Waals surface area (Å²) in [5.41, 5.74) is 0. The van der Waals surface area contributed by atoms with Gasteiger partial charge in [0, 0.05) is 19.2 Å². The van der Waals surface area contributed by atoms with Crippen LogP contribution in [0.2, 0.25) is 0 Å². The van der Waals surface area contributed by atoms with E-state index in [9.17, 15) is 4.79 Å². The number of allylic oxidation sites excluding steroid dienone is 1. The van der Waals surface area contributed by atoms with E-state index in [-0.39, 0.29) is 0 Å². The van der Waals surface area contributed by atoms with Crippen LogP contribution in [0.5, 0.6) is 0 Å². The lowest BCUT2D eigenvalue weighted by Gasteiger charge is -2.21. The first-order valence-corrected chi connectivity index (χ1v) is 4.09. The summed E-state index contributed by atoms with van der Waals surface area (Å²) in [4.78, 5) is 12.2. The van der Waals surface area contributed by atoms with Crippen LogP contribution in [-0.2, 0) is 4.79 Å². The van der Waals surface area contributed by atoms with Gasteiger partial charge < -0.3 is 10.0 Å². The van der Waals surface area contributed by atoms with Gasteiger partial charge in [0.1, 0.15) is 0 Å². The minimum absolute atomic E-state index is 0.697. The zero-order valence-corrected chi connectivity index (χ0v) is 6.94. The standard InChI is InChI=1S/C9H13NO2/c11-9(12)5-4-8-10-6-2-1-3-7-10/h2,4-6H,1,3,7-8H2,(H,11,12). The smallest absolute Gasteiger partial charge is 0.328 e. The summed E-state index contributed by atoms with van der Waals surface area (Å²) < 4.78 is 0. The van der Waals surface area contributed by atoms with Crippen LogP contribution in [0.4, 0.5) is 0 Å². The molecule has 3 heteroatoms. The second-order valence-corrected chi connectivity index (χ2v) is 2.76. The predicted octanol–water partition coefficient (Wildman–Crippen LogP) is 1.24. The number of aliphatic carboxylic acids is 1. The molecule has 1 N–H and O–H groups in total. The molecule has 0 saturated carbocycles. The minimum atomic E-state index is -0.879. The third-order valence-corrected chi connectivity index (χ3v) is 1.73. The highest BCUT2D eigenvalue weighted by atomic mass is 16.4. The maximum absolute atomic E-state index is 10.1. The molecular formula is C9H13NO2. The first-order chi connectivity index (χ1) is 5.79. The van der Waals surface area contributed by atoms with Crippen molar-refractivity contribution in [2.75, 3.05) is 13.1 Å². The van der Waals surface area contributed by atoms with Gasteiger partial charge in [0.05, 0.1) is 0 Å². The highest BCUT2D eigenvalue weighted by molar-refractivity contribution is 5.79. The Morgan fingerprint density at radius 3 is 3.08 bits per heavy atom. The van der Waals surface area contributed by atoms with Gasteiger partial charge >= 0.3 is 5.97 Å². The molecule has 0 atom stereocenters. The van der Waals surface area contributed by atoms with Crippen molar-refractivity contribution < 1.29 is 9.90 Å². The lowest BCUT2D eigenvalue weighted by atomic mass is 10.2. The van der Waals surface area contributed by atoms with E-state index < -0.39 is 5.97 Å². The Labute approximate surface area is 72.0 Å². The highest BCUT2D eigenvalue weighted by Crippen LogP contribution is 2.04. The maximum Gasteiger partial charge on any atom is 0.328 e. The summed E-state index contributed by atoms with van der Waals surface area (Å²) in [5.74, 6) is -0.879. The van der Waals surface area contributed by atoms with Gasteiger partial charge in [-0.05, 0) is 19.0 Å². The molecule has 0 fully saturated rings. The van der Waals surface area contributed by atoms with Gasteiger partial charge in [0.2, 0.25) is 0 Å². The Morgan fingerprint density at radius 2 is 2.50 bits per heavy atom. The summed E-state index contributed by atoms with van der Waals surface area (Å²) in [6.45, 7) is 1.73. The van der Waals surface area contributed by atoms with Crippen molar-refractivity contribution in [3.63, 3.8) is 0 Å². The van der Waals surface area contributed by atoms with Crippen molar-refractivity contribution in [3.05, 3.63) is 24.4 Å². The quantitative estimate of drug-likeness (QED) is 0.643. The average Bonchev–Trinajstić information content (AvgIpc) is 2.05. The van der Waals surface area contributed by atoms with Crippen molar-refractivity contribution in [2.45, 2.75) is 12.8 Å². The number of rotatable bonds is 3. The van der Waals surface area contributed by atoms with Crippen LogP contribution in [0.25, 0.3) is 0 Å². The maximum atomic E-state index is 10.1. The van der Waals surface area contributed by atoms with Crippen molar-refractivity contribution in [1.29, 1.82) is 0 Å². The third-order valence-electron chi connectivity index (χ3n) is 1.73. The molecule has 0 radical (unpaired) electrons. The topological polar surface area (TPSA) is 40.5 Å². The molecular weight excluding hydrogens is 154 g/mol. The fourth-order valence-corrected chi connectivity index (χ4v) is 1.15. The first-order valence-electron chi connectivity index (χ1n) is 4.09. The van der Waals surface area contributed by atoms with E-state index in [1.165, 1.54) is 6.08 Å². The Kier molecular flexibility index (Phi) is 3.38. The van der Waals surface area contributed by atoms with Gasteiger partial charge in [-0.25, -0.2) is 4.79 Å². The van der Waals surface area contributed by atoms with Gasteiger partial charge in [0.25, 0.3) is 0 Å². The van der Waals surface area contributed by atoms with E-state index >= 15 is 0 Å². The predicted molar refractivity (Wildman–Crippen MR) is 46.7 cm³/mol. The van der Waals surface area contributed by atoms with E-state index in [2.05, 4.69) is 11.0 Å². The van der Waals surface area contributed by atoms with Crippen molar-refractivity contribution in [1.82, 2.24) is 4.90 Å². The van der Waals surface area contributed by atoms with Crippen LogP contribution < -0.4 is 0 Å². The normalized spacial score (nSPS) is 17.2. The molecule has 66 valence electrons. The van der Waals surface area contributed by atoms with Gasteiger partial charge in [-0.3, -0.25) is 0 Å². The average molecular weight is 167 g/mol. The van der Waals surface area contributed by atoms with E-state index in [0.717, 1.165) is 19.4 Å². The zero-order valence-electron chi connectivity index (χ0n) is 6.94. The molecule has 0 aromatic heterocycles. The van der Waals surface area contributed by atoms with E-state index in [1.807, 2.05) is 6.20 Å². The lowest BCUT2D eigenvalue weighted by Crippen LogP contribution is -2.20. The fraction of sp³-hybridized carbons (Fsp3) is 0.444. The molecule has 0 aromatic rings. The Morgan fingerprint density at radius 1 is 1.67 bits per heavy atom. The summed E-state index contributed by atoms with van der Waals surface area (Å²) in [7, 11) is 0.